The lowest BCUT2D eigenvalue weighted by Crippen LogP contribution is -2.27. The van der Waals surface area contributed by atoms with Gasteiger partial charge >= 0.3 is 5.97 Å². The van der Waals surface area contributed by atoms with E-state index in [1.54, 1.807) is 13.8 Å². The molecule has 1 saturated heterocycles. The number of benzene rings is 1. The standard InChI is InChI=1S/C12H13IO4/c1-12(2)16-9(10(17-12)11(14)15)7-5-3-4-6-8(7)13/h3-6,9-10H,1-2H3,(H,14,15)/t9-,10+/m0/s1. The first-order valence-corrected chi connectivity index (χ1v) is 6.31. The van der Waals surface area contributed by atoms with E-state index in [0.29, 0.717) is 0 Å². The zero-order chi connectivity index (χ0) is 12.6. The van der Waals surface area contributed by atoms with Crippen LogP contribution in [0.1, 0.15) is 25.5 Å². The van der Waals surface area contributed by atoms with Crippen molar-refractivity contribution in [2.75, 3.05) is 0 Å². The van der Waals surface area contributed by atoms with E-state index < -0.39 is 24.0 Å². The molecule has 0 aliphatic carbocycles. The van der Waals surface area contributed by atoms with Gasteiger partial charge in [-0.3, -0.25) is 0 Å². The number of carboxylic acids is 1. The van der Waals surface area contributed by atoms with Crippen molar-refractivity contribution in [2.45, 2.75) is 31.8 Å². The summed E-state index contributed by atoms with van der Waals surface area (Å²) in [6.45, 7) is 3.44. The number of aliphatic carboxylic acids is 1. The summed E-state index contributed by atoms with van der Waals surface area (Å²) in [7, 11) is 0. The summed E-state index contributed by atoms with van der Waals surface area (Å²) in [6.07, 6.45) is -1.52. The molecule has 17 heavy (non-hydrogen) atoms. The quantitative estimate of drug-likeness (QED) is 0.835. The Kier molecular flexibility index (Phi) is 3.42. The Labute approximate surface area is 113 Å². The van der Waals surface area contributed by atoms with Crippen LogP contribution in [0.5, 0.6) is 0 Å². The number of hydrogen-bond acceptors (Lipinski definition) is 3. The predicted octanol–water partition coefficient (Wildman–Crippen LogP) is 2.57. The maximum Gasteiger partial charge on any atom is 0.336 e. The van der Waals surface area contributed by atoms with E-state index in [-0.39, 0.29) is 0 Å². The Morgan fingerprint density at radius 1 is 1.35 bits per heavy atom. The van der Waals surface area contributed by atoms with Crippen LogP contribution in [0.2, 0.25) is 0 Å². The summed E-state index contributed by atoms with van der Waals surface area (Å²) >= 11 is 2.17. The Bertz CT molecular complexity index is 444. The van der Waals surface area contributed by atoms with Gasteiger partial charge in [-0.25, -0.2) is 4.79 Å². The van der Waals surface area contributed by atoms with Crippen LogP contribution in [0.3, 0.4) is 0 Å². The SMILES string of the molecule is CC1(C)O[C@@H](C(=O)O)[C@H](c2ccccc2I)O1. The lowest BCUT2D eigenvalue weighted by Gasteiger charge is -2.17. The van der Waals surface area contributed by atoms with Crippen LogP contribution in [0, 0.1) is 3.57 Å². The van der Waals surface area contributed by atoms with Crippen molar-refractivity contribution >= 4 is 28.6 Å². The molecule has 0 amide bonds. The third-order valence-electron chi connectivity index (χ3n) is 2.55. The van der Waals surface area contributed by atoms with E-state index in [1.165, 1.54) is 0 Å². The van der Waals surface area contributed by atoms with Crippen molar-refractivity contribution in [3.05, 3.63) is 33.4 Å². The average Bonchev–Trinajstić information content (AvgIpc) is 2.55. The minimum Gasteiger partial charge on any atom is -0.479 e. The van der Waals surface area contributed by atoms with E-state index in [2.05, 4.69) is 22.6 Å². The first kappa shape index (κ1) is 12.8. The van der Waals surface area contributed by atoms with E-state index in [1.807, 2.05) is 24.3 Å². The highest BCUT2D eigenvalue weighted by Crippen LogP contribution is 2.39. The number of hydrogen-bond donors (Lipinski definition) is 1. The van der Waals surface area contributed by atoms with Gasteiger partial charge in [0.25, 0.3) is 0 Å². The Morgan fingerprint density at radius 3 is 2.59 bits per heavy atom. The van der Waals surface area contributed by atoms with Gasteiger partial charge in [0.05, 0.1) is 0 Å². The zero-order valence-electron chi connectivity index (χ0n) is 9.51. The molecule has 2 atom stereocenters. The molecule has 0 bridgehead atoms. The topological polar surface area (TPSA) is 55.8 Å². The molecule has 4 nitrogen and oxygen atoms in total. The fourth-order valence-electron chi connectivity index (χ4n) is 1.88. The number of carbonyl (C=O) groups is 1. The molecule has 0 radical (unpaired) electrons. The second-order valence-corrected chi connectivity index (χ2v) is 5.50. The van der Waals surface area contributed by atoms with Crippen LogP contribution in [-0.4, -0.2) is 23.0 Å². The Morgan fingerprint density at radius 2 is 2.00 bits per heavy atom. The van der Waals surface area contributed by atoms with Gasteiger partial charge in [-0.1, -0.05) is 18.2 Å². The Hall–Kier alpha value is -0.660. The molecule has 92 valence electrons. The minimum atomic E-state index is -1.000. The molecule has 0 aromatic heterocycles. The molecule has 1 fully saturated rings. The molecule has 1 aliphatic heterocycles. The normalized spacial score (nSPS) is 27.0. The summed E-state index contributed by atoms with van der Waals surface area (Å²) in [5.74, 6) is -1.87. The zero-order valence-corrected chi connectivity index (χ0v) is 11.7. The summed E-state index contributed by atoms with van der Waals surface area (Å²) in [4.78, 5) is 11.2. The van der Waals surface area contributed by atoms with Crippen LogP contribution >= 0.6 is 22.6 Å². The fourth-order valence-corrected chi connectivity index (χ4v) is 2.57. The van der Waals surface area contributed by atoms with Crippen molar-refractivity contribution in [3.63, 3.8) is 0 Å². The van der Waals surface area contributed by atoms with Gasteiger partial charge in [-0.15, -0.1) is 0 Å². The second kappa shape index (κ2) is 4.55. The van der Waals surface area contributed by atoms with Gasteiger partial charge in [-0.05, 0) is 48.1 Å². The van der Waals surface area contributed by atoms with Gasteiger partial charge in [0.15, 0.2) is 11.9 Å². The third-order valence-corrected chi connectivity index (χ3v) is 3.53. The van der Waals surface area contributed by atoms with Crippen molar-refractivity contribution in [1.82, 2.24) is 0 Å². The van der Waals surface area contributed by atoms with Gasteiger partial charge < -0.3 is 14.6 Å². The van der Waals surface area contributed by atoms with Crippen molar-refractivity contribution < 1.29 is 19.4 Å². The predicted molar refractivity (Wildman–Crippen MR) is 69.6 cm³/mol. The molecule has 2 rings (SSSR count). The molecule has 1 aromatic rings. The highest BCUT2D eigenvalue weighted by molar-refractivity contribution is 14.1. The molecule has 1 aliphatic rings. The maximum atomic E-state index is 11.2. The average molecular weight is 348 g/mol. The summed E-state index contributed by atoms with van der Waals surface area (Å²) in [5, 5.41) is 9.16. The number of ether oxygens (including phenoxy) is 2. The second-order valence-electron chi connectivity index (χ2n) is 4.34. The molecular weight excluding hydrogens is 335 g/mol. The number of rotatable bonds is 2. The van der Waals surface area contributed by atoms with Crippen LogP contribution in [0.25, 0.3) is 0 Å². The van der Waals surface area contributed by atoms with Crippen molar-refractivity contribution in [3.8, 4) is 0 Å². The van der Waals surface area contributed by atoms with E-state index in [0.717, 1.165) is 9.13 Å². The van der Waals surface area contributed by atoms with Gasteiger partial charge in [0.1, 0.15) is 6.10 Å². The van der Waals surface area contributed by atoms with E-state index in [9.17, 15) is 4.79 Å². The van der Waals surface area contributed by atoms with Crippen LogP contribution in [0.15, 0.2) is 24.3 Å². The molecule has 5 heteroatoms. The highest BCUT2D eigenvalue weighted by Gasteiger charge is 2.46. The lowest BCUT2D eigenvalue weighted by atomic mass is 10.0. The van der Waals surface area contributed by atoms with Crippen molar-refractivity contribution in [1.29, 1.82) is 0 Å². The molecule has 1 N–H and O–H groups in total. The smallest absolute Gasteiger partial charge is 0.336 e. The van der Waals surface area contributed by atoms with Crippen LogP contribution in [-0.2, 0) is 14.3 Å². The number of halogens is 1. The summed E-state index contributed by atoms with van der Waals surface area (Å²) in [5.41, 5.74) is 0.853. The number of carboxylic acid groups (broad SMARTS) is 1. The van der Waals surface area contributed by atoms with Gasteiger partial charge in [0.2, 0.25) is 0 Å². The third kappa shape index (κ3) is 2.61. The summed E-state index contributed by atoms with van der Waals surface area (Å²) < 4.78 is 12.1. The first-order valence-electron chi connectivity index (χ1n) is 5.23. The first-order chi connectivity index (χ1) is 7.91. The maximum absolute atomic E-state index is 11.2. The van der Waals surface area contributed by atoms with E-state index in [4.69, 9.17) is 14.6 Å². The van der Waals surface area contributed by atoms with E-state index >= 15 is 0 Å². The minimum absolute atomic E-state index is 0.560. The molecule has 1 heterocycles. The molecule has 1 aromatic carbocycles. The molecule has 0 spiro atoms. The molecule has 0 unspecified atom stereocenters. The van der Waals surface area contributed by atoms with Crippen LogP contribution < -0.4 is 0 Å². The van der Waals surface area contributed by atoms with Gasteiger partial charge in [-0.2, -0.15) is 0 Å². The lowest BCUT2D eigenvalue weighted by molar-refractivity contribution is -0.165. The fraction of sp³-hybridized carbons (Fsp3) is 0.417. The largest absolute Gasteiger partial charge is 0.479 e. The van der Waals surface area contributed by atoms with Gasteiger partial charge in [0, 0.05) is 3.57 Å². The Balaban J connectivity index is 2.37. The molecular formula is C12H13IO4. The van der Waals surface area contributed by atoms with Crippen LogP contribution in [0.4, 0.5) is 0 Å². The summed E-state index contributed by atoms with van der Waals surface area (Å²) in [6, 6.07) is 7.56. The molecule has 0 saturated carbocycles. The highest BCUT2D eigenvalue weighted by atomic mass is 127. The van der Waals surface area contributed by atoms with Crippen molar-refractivity contribution in [2.24, 2.45) is 0 Å². The monoisotopic (exact) mass is 348 g/mol.